The van der Waals surface area contributed by atoms with Crippen LogP contribution in [0.4, 0.5) is 0 Å². The van der Waals surface area contributed by atoms with Crippen molar-refractivity contribution in [1.29, 1.82) is 0 Å². The molecule has 0 radical (unpaired) electrons. The van der Waals surface area contributed by atoms with Crippen molar-refractivity contribution in [1.82, 2.24) is 0 Å². The van der Waals surface area contributed by atoms with Crippen LogP contribution in [0.5, 0.6) is 0 Å². The molecule has 1 aliphatic rings. The van der Waals surface area contributed by atoms with Crippen molar-refractivity contribution in [3.8, 4) is 0 Å². The second-order valence-corrected chi connectivity index (χ2v) is 5.71. The monoisotopic (exact) mass is 187 g/mol. The molecule has 0 spiro atoms. The largest absolute Gasteiger partial charge is 0.598 e. The number of allylic oxidation sites excluding steroid dienone is 1. The molecule has 3 heteroatoms. The van der Waals surface area contributed by atoms with E-state index in [9.17, 15) is 4.55 Å². The van der Waals surface area contributed by atoms with Gasteiger partial charge in [-0.15, -0.1) is 0 Å². The van der Waals surface area contributed by atoms with Crippen molar-refractivity contribution in [2.45, 2.75) is 38.4 Å². The minimum absolute atomic E-state index is 0.357. The van der Waals surface area contributed by atoms with Crippen LogP contribution < -0.4 is 5.14 Å². The summed E-state index contributed by atoms with van der Waals surface area (Å²) in [5, 5.41) is 5.37. The molecule has 1 aliphatic carbocycles. The Morgan fingerprint density at radius 2 is 2.25 bits per heavy atom. The van der Waals surface area contributed by atoms with Gasteiger partial charge in [-0.1, -0.05) is 12.5 Å². The summed E-state index contributed by atoms with van der Waals surface area (Å²) in [6, 6.07) is 0. The van der Waals surface area contributed by atoms with Gasteiger partial charge in [0.2, 0.25) is 0 Å². The molecular weight excluding hydrogens is 170 g/mol. The van der Waals surface area contributed by atoms with Crippen LogP contribution in [-0.2, 0) is 11.4 Å². The first-order valence-corrected chi connectivity index (χ1v) is 5.52. The Labute approximate surface area is 77.5 Å². The van der Waals surface area contributed by atoms with Gasteiger partial charge in [0.15, 0.2) is 4.75 Å². The van der Waals surface area contributed by atoms with Gasteiger partial charge in [-0.05, 0) is 38.7 Å². The Balaban J connectivity index is 2.65. The van der Waals surface area contributed by atoms with E-state index in [0.29, 0.717) is 5.92 Å². The Morgan fingerprint density at radius 3 is 2.50 bits per heavy atom. The lowest BCUT2D eigenvalue weighted by Gasteiger charge is -2.30. The van der Waals surface area contributed by atoms with E-state index < -0.39 is 11.4 Å². The van der Waals surface area contributed by atoms with Crippen LogP contribution in [-0.4, -0.2) is 9.30 Å². The summed E-state index contributed by atoms with van der Waals surface area (Å²) in [6.45, 7) is 6.03. The number of rotatable bonds is 2. The first kappa shape index (κ1) is 10.1. The Bertz CT molecular complexity index is 199. The third-order valence-electron chi connectivity index (χ3n) is 2.55. The van der Waals surface area contributed by atoms with Gasteiger partial charge < -0.3 is 4.55 Å². The van der Waals surface area contributed by atoms with E-state index in [0.717, 1.165) is 6.42 Å². The molecule has 1 unspecified atom stereocenters. The summed E-state index contributed by atoms with van der Waals surface area (Å²) in [7, 11) is 0. The van der Waals surface area contributed by atoms with Crippen molar-refractivity contribution < 1.29 is 4.55 Å². The molecule has 0 aliphatic heterocycles. The zero-order valence-corrected chi connectivity index (χ0v) is 8.78. The van der Waals surface area contributed by atoms with Crippen molar-refractivity contribution in [2.24, 2.45) is 11.1 Å². The van der Waals surface area contributed by atoms with E-state index in [1.54, 1.807) is 0 Å². The van der Waals surface area contributed by atoms with E-state index in [4.69, 9.17) is 5.14 Å². The zero-order chi connectivity index (χ0) is 9.35. The number of hydrogen-bond acceptors (Lipinski definition) is 2. The highest BCUT2D eigenvalue weighted by atomic mass is 32.2. The fourth-order valence-electron chi connectivity index (χ4n) is 1.32. The Morgan fingerprint density at radius 1 is 1.67 bits per heavy atom. The summed E-state index contributed by atoms with van der Waals surface area (Å²) in [4.78, 5) is 0. The maximum absolute atomic E-state index is 11.1. The van der Waals surface area contributed by atoms with Crippen molar-refractivity contribution >= 4 is 11.4 Å². The van der Waals surface area contributed by atoms with Gasteiger partial charge in [0.25, 0.3) is 0 Å². The van der Waals surface area contributed by atoms with E-state index in [1.165, 1.54) is 12.0 Å². The van der Waals surface area contributed by atoms with Crippen LogP contribution >= 0.6 is 0 Å². The normalized spacial score (nSPS) is 30.1. The van der Waals surface area contributed by atoms with Crippen LogP contribution in [0.3, 0.4) is 0 Å². The summed E-state index contributed by atoms with van der Waals surface area (Å²) in [5.41, 5.74) is 1.42. The quantitative estimate of drug-likeness (QED) is 0.529. The molecule has 12 heavy (non-hydrogen) atoms. The van der Waals surface area contributed by atoms with Crippen molar-refractivity contribution in [3.63, 3.8) is 0 Å². The van der Waals surface area contributed by atoms with Crippen LogP contribution in [0.15, 0.2) is 11.6 Å². The molecule has 1 rings (SSSR count). The van der Waals surface area contributed by atoms with Gasteiger partial charge in [0.05, 0.1) is 0 Å². The number of nitrogens with two attached hydrogens (primary N) is 1. The smallest absolute Gasteiger partial charge is 0.157 e. The lowest BCUT2D eigenvalue weighted by atomic mass is 9.79. The third kappa shape index (κ3) is 2.03. The molecule has 0 aromatic heterocycles. The lowest BCUT2D eigenvalue weighted by molar-refractivity contribution is 0.475. The molecule has 1 saturated carbocycles. The summed E-state index contributed by atoms with van der Waals surface area (Å²) in [5.74, 6) is 0.674. The summed E-state index contributed by atoms with van der Waals surface area (Å²) in [6.07, 6.45) is 4.50. The molecule has 70 valence electrons. The van der Waals surface area contributed by atoms with Gasteiger partial charge in [-0.25, -0.2) is 0 Å². The Kier molecular flexibility index (Phi) is 2.86. The fraction of sp³-hybridized carbons (Fsp3) is 0.778. The molecule has 0 bridgehead atoms. The minimum Gasteiger partial charge on any atom is -0.598 e. The predicted molar refractivity (Wildman–Crippen MR) is 52.9 cm³/mol. The molecule has 0 heterocycles. The molecule has 0 amide bonds. The maximum atomic E-state index is 11.1. The average molecular weight is 187 g/mol. The number of hydrogen-bond donors (Lipinski definition) is 1. The van der Waals surface area contributed by atoms with Crippen molar-refractivity contribution in [2.75, 3.05) is 0 Å². The maximum Gasteiger partial charge on any atom is 0.157 e. The summed E-state index contributed by atoms with van der Waals surface area (Å²) >= 11 is -1.26. The standard InChI is InChI=1S/C9H17NOS/c1-7-4-5-8(7)6-9(2,3)12(10)11/h6-7H,4-5,10H2,1-3H3/t7-,12?/m0/s1. The third-order valence-corrected chi connectivity index (χ3v) is 3.71. The highest BCUT2D eigenvalue weighted by Gasteiger charge is 2.30. The average Bonchev–Trinajstić information content (AvgIpc) is 1.97. The highest BCUT2D eigenvalue weighted by Crippen LogP contribution is 2.35. The zero-order valence-electron chi connectivity index (χ0n) is 7.96. The summed E-state index contributed by atoms with van der Waals surface area (Å²) < 4.78 is 10.7. The van der Waals surface area contributed by atoms with Crippen LogP contribution in [0.1, 0.15) is 33.6 Å². The van der Waals surface area contributed by atoms with Crippen LogP contribution in [0.2, 0.25) is 0 Å². The molecule has 1 fully saturated rings. The van der Waals surface area contributed by atoms with E-state index in [2.05, 4.69) is 13.0 Å². The SMILES string of the molecule is C[C@H]1CCC1=CC(C)(C)[S+](N)[O-]. The second kappa shape index (κ2) is 3.40. The second-order valence-electron chi connectivity index (χ2n) is 4.06. The molecule has 0 saturated heterocycles. The molecule has 2 N–H and O–H groups in total. The van der Waals surface area contributed by atoms with E-state index in [-0.39, 0.29) is 4.75 Å². The Hall–Kier alpha value is 0.01000. The predicted octanol–water partition coefficient (Wildman–Crippen LogP) is 1.74. The fourth-order valence-corrected chi connectivity index (χ4v) is 1.59. The van der Waals surface area contributed by atoms with Crippen LogP contribution in [0.25, 0.3) is 0 Å². The molecule has 2 nitrogen and oxygen atoms in total. The van der Waals surface area contributed by atoms with E-state index in [1.807, 2.05) is 13.8 Å². The topological polar surface area (TPSA) is 49.1 Å². The van der Waals surface area contributed by atoms with Gasteiger partial charge in [-0.2, -0.15) is 5.14 Å². The van der Waals surface area contributed by atoms with Gasteiger partial charge in [-0.3, -0.25) is 0 Å². The first-order valence-electron chi connectivity index (χ1n) is 4.31. The molecular formula is C9H17NOS. The molecule has 2 atom stereocenters. The van der Waals surface area contributed by atoms with Gasteiger partial charge in [0.1, 0.15) is 0 Å². The minimum atomic E-state index is -1.26. The van der Waals surface area contributed by atoms with Crippen molar-refractivity contribution in [3.05, 3.63) is 11.6 Å². The molecule has 0 aromatic carbocycles. The lowest BCUT2D eigenvalue weighted by Crippen LogP contribution is -2.37. The van der Waals surface area contributed by atoms with E-state index >= 15 is 0 Å². The highest BCUT2D eigenvalue weighted by molar-refractivity contribution is 7.90. The first-order chi connectivity index (χ1) is 5.43. The van der Waals surface area contributed by atoms with Crippen LogP contribution in [0, 0.1) is 5.92 Å². The van der Waals surface area contributed by atoms with Gasteiger partial charge >= 0.3 is 0 Å². The molecule has 0 aromatic rings. The van der Waals surface area contributed by atoms with Gasteiger partial charge in [0, 0.05) is 11.4 Å².